The van der Waals surface area contributed by atoms with Gasteiger partial charge in [0, 0.05) is 13.6 Å². The van der Waals surface area contributed by atoms with E-state index in [0.29, 0.717) is 23.3 Å². The molecule has 2 rings (SSSR count). The molecule has 6 nitrogen and oxygen atoms in total. The minimum Gasteiger partial charge on any atom is -0.490 e. The molecule has 1 aliphatic carbocycles. The Morgan fingerprint density at radius 2 is 2.17 bits per heavy atom. The van der Waals surface area contributed by atoms with Gasteiger partial charge in [0.15, 0.2) is 11.6 Å². The maximum absolute atomic E-state index is 9.49. The number of rotatable bonds is 5. The Hall–Kier alpha value is -1.56. The first-order valence-electron chi connectivity index (χ1n) is 6.23. The van der Waals surface area contributed by atoms with Gasteiger partial charge in [0.25, 0.3) is 0 Å². The van der Waals surface area contributed by atoms with Gasteiger partial charge < -0.3 is 20.5 Å². The maximum Gasteiger partial charge on any atom is 0.204 e. The van der Waals surface area contributed by atoms with Crippen LogP contribution in [0.5, 0.6) is 5.75 Å². The van der Waals surface area contributed by atoms with Crippen molar-refractivity contribution >= 4 is 11.6 Å². The van der Waals surface area contributed by atoms with Gasteiger partial charge in [-0.25, -0.2) is 9.97 Å². The van der Waals surface area contributed by atoms with E-state index in [1.807, 2.05) is 0 Å². The molecule has 6 heteroatoms. The Morgan fingerprint density at radius 1 is 1.39 bits per heavy atom. The number of hydrogen-bond acceptors (Lipinski definition) is 6. The van der Waals surface area contributed by atoms with Crippen LogP contribution in [0, 0.1) is 5.92 Å². The summed E-state index contributed by atoms with van der Waals surface area (Å²) >= 11 is 0. The standard InChI is InChI=1S/C12H20N4O2/c1-13-11-10(18-2)12(16-7-15-11)14-6-8-3-4-9(17)5-8/h7-9,17H,3-6H2,1-2H3,(H2,13,14,15,16). The normalized spacial score (nSPS) is 22.8. The van der Waals surface area contributed by atoms with E-state index in [0.717, 1.165) is 25.8 Å². The Kier molecular flexibility index (Phi) is 4.19. The molecular formula is C12H20N4O2. The van der Waals surface area contributed by atoms with Crippen LogP contribution in [-0.2, 0) is 0 Å². The second kappa shape index (κ2) is 5.86. The molecule has 0 saturated heterocycles. The molecule has 0 radical (unpaired) electrons. The van der Waals surface area contributed by atoms with E-state index < -0.39 is 0 Å². The smallest absolute Gasteiger partial charge is 0.204 e. The fourth-order valence-corrected chi connectivity index (χ4v) is 2.35. The lowest BCUT2D eigenvalue weighted by Gasteiger charge is -2.15. The van der Waals surface area contributed by atoms with Crippen molar-refractivity contribution < 1.29 is 9.84 Å². The van der Waals surface area contributed by atoms with Crippen molar-refractivity contribution in [1.82, 2.24) is 9.97 Å². The molecule has 1 aromatic heterocycles. The van der Waals surface area contributed by atoms with Crippen molar-refractivity contribution in [2.45, 2.75) is 25.4 Å². The summed E-state index contributed by atoms with van der Waals surface area (Å²) in [4.78, 5) is 8.28. The van der Waals surface area contributed by atoms with Crippen LogP contribution < -0.4 is 15.4 Å². The summed E-state index contributed by atoms with van der Waals surface area (Å²) in [6.07, 6.45) is 4.17. The first-order chi connectivity index (χ1) is 8.74. The summed E-state index contributed by atoms with van der Waals surface area (Å²) in [6, 6.07) is 0. The van der Waals surface area contributed by atoms with Crippen LogP contribution in [0.25, 0.3) is 0 Å². The average Bonchev–Trinajstić information content (AvgIpc) is 2.81. The Balaban J connectivity index is 2.00. The van der Waals surface area contributed by atoms with E-state index >= 15 is 0 Å². The van der Waals surface area contributed by atoms with Crippen molar-refractivity contribution in [2.24, 2.45) is 5.92 Å². The van der Waals surface area contributed by atoms with E-state index in [1.54, 1.807) is 14.2 Å². The zero-order valence-corrected chi connectivity index (χ0v) is 10.8. The van der Waals surface area contributed by atoms with Crippen LogP contribution in [0.15, 0.2) is 6.33 Å². The van der Waals surface area contributed by atoms with Gasteiger partial charge in [-0.05, 0) is 25.2 Å². The quantitative estimate of drug-likeness (QED) is 0.728. The molecule has 2 atom stereocenters. The molecule has 100 valence electrons. The number of methoxy groups -OCH3 is 1. The zero-order chi connectivity index (χ0) is 13.0. The average molecular weight is 252 g/mol. The molecule has 18 heavy (non-hydrogen) atoms. The summed E-state index contributed by atoms with van der Waals surface area (Å²) < 4.78 is 5.30. The summed E-state index contributed by atoms with van der Waals surface area (Å²) in [5, 5.41) is 15.7. The predicted molar refractivity (Wildman–Crippen MR) is 70.0 cm³/mol. The summed E-state index contributed by atoms with van der Waals surface area (Å²) in [5.41, 5.74) is 0. The van der Waals surface area contributed by atoms with Gasteiger partial charge >= 0.3 is 0 Å². The van der Waals surface area contributed by atoms with Crippen LogP contribution >= 0.6 is 0 Å². The third kappa shape index (κ3) is 2.81. The van der Waals surface area contributed by atoms with Gasteiger partial charge in [-0.2, -0.15) is 0 Å². The second-order valence-electron chi connectivity index (χ2n) is 4.57. The molecule has 3 N–H and O–H groups in total. The number of aromatic nitrogens is 2. The van der Waals surface area contributed by atoms with Crippen molar-refractivity contribution in [1.29, 1.82) is 0 Å². The number of hydrogen-bond donors (Lipinski definition) is 3. The molecule has 0 bridgehead atoms. The van der Waals surface area contributed by atoms with Crippen LogP contribution in [0.4, 0.5) is 11.6 Å². The lowest BCUT2D eigenvalue weighted by molar-refractivity contribution is 0.178. The largest absolute Gasteiger partial charge is 0.490 e. The lowest BCUT2D eigenvalue weighted by Crippen LogP contribution is -2.14. The molecule has 1 heterocycles. The van der Waals surface area contributed by atoms with Crippen molar-refractivity contribution in [3.63, 3.8) is 0 Å². The lowest BCUT2D eigenvalue weighted by atomic mass is 10.1. The van der Waals surface area contributed by atoms with E-state index in [1.165, 1.54) is 6.33 Å². The van der Waals surface area contributed by atoms with Crippen molar-refractivity contribution in [2.75, 3.05) is 31.3 Å². The van der Waals surface area contributed by atoms with Crippen molar-refractivity contribution in [3.05, 3.63) is 6.33 Å². The summed E-state index contributed by atoms with van der Waals surface area (Å²) in [7, 11) is 3.39. The number of nitrogens with one attached hydrogen (secondary N) is 2. The van der Waals surface area contributed by atoms with Gasteiger partial charge in [0.2, 0.25) is 5.75 Å². The van der Waals surface area contributed by atoms with Crippen LogP contribution in [0.2, 0.25) is 0 Å². The van der Waals surface area contributed by atoms with E-state index in [2.05, 4.69) is 20.6 Å². The van der Waals surface area contributed by atoms with Gasteiger partial charge in [-0.1, -0.05) is 0 Å². The van der Waals surface area contributed by atoms with E-state index in [9.17, 15) is 5.11 Å². The number of ether oxygens (including phenoxy) is 1. The van der Waals surface area contributed by atoms with Gasteiger partial charge in [0.05, 0.1) is 13.2 Å². The molecule has 0 aliphatic heterocycles. The molecule has 2 unspecified atom stereocenters. The minimum absolute atomic E-state index is 0.142. The Labute approximate surface area is 107 Å². The fourth-order valence-electron chi connectivity index (χ4n) is 2.35. The van der Waals surface area contributed by atoms with Crippen LogP contribution in [0.1, 0.15) is 19.3 Å². The van der Waals surface area contributed by atoms with Crippen molar-refractivity contribution in [3.8, 4) is 5.75 Å². The zero-order valence-electron chi connectivity index (χ0n) is 10.8. The second-order valence-corrected chi connectivity index (χ2v) is 4.57. The number of aliphatic hydroxyl groups is 1. The van der Waals surface area contributed by atoms with Gasteiger partial charge in [-0.15, -0.1) is 0 Å². The van der Waals surface area contributed by atoms with E-state index in [-0.39, 0.29) is 6.10 Å². The monoisotopic (exact) mass is 252 g/mol. The highest BCUT2D eigenvalue weighted by Gasteiger charge is 2.23. The molecule has 1 aliphatic rings. The molecule has 0 spiro atoms. The third-order valence-electron chi connectivity index (χ3n) is 3.32. The molecule has 1 aromatic rings. The molecule has 1 fully saturated rings. The van der Waals surface area contributed by atoms with Gasteiger partial charge in [-0.3, -0.25) is 0 Å². The number of anilines is 2. The fraction of sp³-hybridized carbons (Fsp3) is 0.667. The highest BCUT2D eigenvalue weighted by molar-refractivity contribution is 5.63. The Morgan fingerprint density at radius 3 is 2.78 bits per heavy atom. The van der Waals surface area contributed by atoms with Crippen LogP contribution in [-0.4, -0.2) is 41.9 Å². The minimum atomic E-state index is -0.142. The first-order valence-corrected chi connectivity index (χ1v) is 6.23. The number of aliphatic hydroxyl groups excluding tert-OH is 1. The number of nitrogens with zero attached hydrogens (tertiary/aromatic N) is 2. The summed E-state index contributed by atoms with van der Waals surface area (Å²) in [6.45, 7) is 0.799. The third-order valence-corrected chi connectivity index (χ3v) is 3.32. The highest BCUT2D eigenvalue weighted by Crippen LogP contribution is 2.30. The van der Waals surface area contributed by atoms with Gasteiger partial charge in [0.1, 0.15) is 6.33 Å². The molecular weight excluding hydrogens is 232 g/mol. The van der Waals surface area contributed by atoms with E-state index in [4.69, 9.17) is 4.74 Å². The Bertz CT molecular complexity index is 400. The first kappa shape index (κ1) is 12.9. The maximum atomic E-state index is 9.49. The predicted octanol–water partition coefficient (Wildman–Crippen LogP) is 1.10. The molecule has 1 saturated carbocycles. The highest BCUT2D eigenvalue weighted by atomic mass is 16.5. The topological polar surface area (TPSA) is 79.3 Å². The molecule has 0 aromatic carbocycles. The SMILES string of the molecule is CNc1ncnc(NCC2CCC(O)C2)c1OC. The van der Waals surface area contributed by atoms with Crippen LogP contribution in [0.3, 0.4) is 0 Å². The summed E-state index contributed by atoms with van der Waals surface area (Å²) in [5.74, 6) is 2.48. The molecule has 0 amide bonds.